The maximum absolute atomic E-state index is 5.13. The van der Waals surface area contributed by atoms with E-state index in [9.17, 15) is 0 Å². The topological polar surface area (TPSA) is 21.3 Å². The fourth-order valence-electron chi connectivity index (χ4n) is 0.936. The summed E-state index contributed by atoms with van der Waals surface area (Å²) in [6.07, 6.45) is 5.13. The Morgan fingerprint density at radius 1 is 1.54 bits per heavy atom. The van der Waals surface area contributed by atoms with Crippen molar-refractivity contribution in [3.05, 3.63) is 22.7 Å². The van der Waals surface area contributed by atoms with Gasteiger partial charge in [0.2, 0.25) is 0 Å². The number of ether oxygens (including phenoxy) is 1. The van der Waals surface area contributed by atoms with Gasteiger partial charge in [0.05, 0.1) is 13.7 Å². The molecule has 0 heterocycles. The molecular formula is C10H10BrNO. The Bertz CT molecular complexity index is 330. The van der Waals surface area contributed by atoms with E-state index >= 15 is 0 Å². The van der Waals surface area contributed by atoms with Crippen LogP contribution in [0.1, 0.15) is 0 Å². The van der Waals surface area contributed by atoms with Gasteiger partial charge in [0.1, 0.15) is 5.75 Å². The molecule has 0 radical (unpaired) electrons. The molecule has 0 saturated heterocycles. The summed E-state index contributed by atoms with van der Waals surface area (Å²) < 4.78 is 6.06. The van der Waals surface area contributed by atoms with Crippen molar-refractivity contribution < 1.29 is 4.74 Å². The Hall–Kier alpha value is -1.14. The number of nitrogens with one attached hydrogen (secondary N) is 1. The second kappa shape index (κ2) is 4.78. The third kappa shape index (κ3) is 3.00. The highest BCUT2D eigenvalue weighted by Crippen LogP contribution is 2.24. The Labute approximate surface area is 86.4 Å². The van der Waals surface area contributed by atoms with Gasteiger partial charge < -0.3 is 10.1 Å². The molecule has 0 spiro atoms. The largest absolute Gasteiger partial charge is 0.497 e. The molecule has 0 aliphatic rings. The number of anilines is 1. The van der Waals surface area contributed by atoms with Gasteiger partial charge in [0.25, 0.3) is 0 Å². The fourth-order valence-corrected chi connectivity index (χ4v) is 1.41. The van der Waals surface area contributed by atoms with Crippen LogP contribution in [0, 0.1) is 12.3 Å². The molecule has 1 aromatic carbocycles. The molecule has 0 fully saturated rings. The first kappa shape index (κ1) is 9.94. The summed E-state index contributed by atoms with van der Waals surface area (Å²) in [6, 6.07) is 5.73. The lowest BCUT2D eigenvalue weighted by atomic mass is 10.3. The van der Waals surface area contributed by atoms with Gasteiger partial charge in [-0.25, -0.2) is 0 Å². The summed E-state index contributed by atoms with van der Waals surface area (Å²) in [5.74, 6) is 3.31. The Kier molecular flexibility index (Phi) is 3.66. The Balaban J connectivity index is 2.83. The minimum atomic E-state index is 0.513. The molecule has 0 bridgehead atoms. The highest BCUT2D eigenvalue weighted by molar-refractivity contribution is 9.10. The Morgan fingerprint density at radius 3 is 2.92 bits per heavy atom. The zero-order valence-corrected chi connectivity index (χ0v) is 8.89. The van der Waals surface area contributed by atoms with Gasteiger partial charge in [0, 0.05) is 16.2 Å². The molecule has 68 valence electrons. The highest BCUT2D eigenvalue weighted by atomic mass is 79.9. The number of hydrogen-bond acceptors (Lipinski definition) is 2. The first-order valence-corrected chi connectivity index (χ1v) is 4.57. The third-order valence-corrected chi connectivity index (χ3v) is 1.96. The quantitative estimate of drug-likeness (QED) is 0.819. The zero-order valence-electron chi connectivity index (χ0n) is 7.30. The van der Waals surface area contributed by atoms with E-state index < -0.39 is 0 Å². The normalized spacial score (nSPS) is 9.00. The van der Waals surface area contributed by atoms with E-state index in [4.69, 9.17) is 11.2 Å². The van der Waals surface area contributed by atoms with Crippen LogP contribution in [-0.4, -0.2) is 13.7 Å². The first-order valence-electron chi connectivity index (χ1n) is 3.78. The molecule has 2 nitrogen and oxygen atoms in total. The SMILES string of the molecule is C#CCNc1cc(Br)cc(OC)c1. The number of benzene rings is 1. The van der Waals surface area contributed by atoms with E-state index in [1.165, 1.54) is 0 Å². The summed E-state index contributed by atoms with van der Waals surface area (Å²) in [5, 5.41) is 3.06. The lowest BCUT2D eigenvalue weighted by Crippen LogP contribution is -1.98. The van der Waals surface area contributed by atoms with E-state index in [-0.39, 0.29) is 0 Å². The Morgan fingerprint density at radius 2 is 2.31 bits per heavy atom. The van der Waals surface area contributed by atoms with Crippen LogP contribution in [0.15, 0.2) is 22.7 Å². The zero-order chi connectivity index (χ0) is 9.68. The van der Waals surface area contributed by atoms with E-state index in [2.05, 4.69) is 27.2 Å². The summed E-state index contributed by atoms with van der Waals surface area (Å²) in [5.41, 5.74) is 0.948. The minimum absolute atomic E-state index is 0.513. The van der Waals surface area contributed by atoms with Crippen LogP contribution in [-0.2, 0) is 0 Å². The predicted molar refractivity (Wildman–Crippen MR) is 58.0 cm³/mol. The smallest absolute Gasteiger partial charge is 0.122 e. The molecule has 1 rings (SSSR count). The van der Waals surface area contributed by atoms with Crippen LogP contribution >= 0.6 is 15.9 Å². The van der Waals surface area contributed by atoms with Crippen LogP contribution in [0.25, 0.3) is 0 Å². The lowest BCUT2D eigenvalue weighted by Gasteiger charge is -2.06. The minimum Gasteiger partial charge on any atom is -0.497 e. The van der Waals surface area contributed by atoms with Gasteiger partial charge in [-0.1, -0.05) is 21.9 Å². The first-order chi connectivity index (χ1) is 6.26. The van der Waals surface area contributed by atoms with Crippen molar-refractivity contribution in [3.63, 3.8) is 0 Å². The number of methoxy groups -OCH3 is 1. The van der Waals surface area contributed by atoms with E-state index in [1.807, 2.05) is 18.2 Å². The average molecular weight is 240 g/mol. The maximum atomic E-state index is 5.13. The summed E-state index contributed by atoms with van der Waals surface area (Å²) >= 11 is 3.37. The lowest BCUT2D eigenvalue weighted by molar-refractivity contribution is 0.414. The van der Waals surface area contributed by atoms with Gasteiger partial charge in [-0.3, -0.25) is 0 Å². The van der Waals surface area contributed by atoms with E-state index in [0.29, 0.717) is 6.54 Å². The number of hydrogen-bond donors (Lipinski definition) is 1. The van der Waals surface area contributed by atoms with Crippen LogP contribution in [0.4, 0.5) is 5.69 Å². The molecule has 0 aliphatic carbocycles. The molecule has 1 aromatic rings. The van der Waals surface area contributed by atoms with Gasteiger partial charge in [0.15, 0.2) is 0 Å². The van der Waals surface area contributed by atoms with Crippen LogP contribution in [0.3, 0.4) is 0 Å². The fraction of sp³-hybridized carbons (Fsp3) is 0.200. The van der Waals surface area contributed by atoms with E-state index in [0.717, 1.165) is 15.9 Å². The molecule has 0 unspecified atom stereocenters. The van der Waals surface area contributed by atoms with Crippen molar-refractivity contribution in [2.45, 2.75) is 0 Å². The molecule has 13 heavy (non-hydrogen) atoms. The third-order valence-electron chi connectivity index (χ3n) is 1.50. The number of rotatable bonds is 3. The molecule has 0 amide bonds. The second-order valence-corrected chi connectivity index (χ2v) is 3.35. The van der Waals surface area contributed by atoms with Gasteiger partial charge >= 0.3 is 0 Å². The summed E-state index contributed by atoms with van der Waals surface area (Å²) in [7, 11) is 1.63. The van der Waals surface area contributed by atoms with Crippen molar-refractivity contribution in [2.75, 3.05) is 19.0 Å². The molecule has 0 aliphatic heterocycles. The number of halogens is 1. The van der Waals surface area contributed by atoms with Crippen molar-refractivity contribution in [1.82, 2.24) is 0 Å². The van der Waals surface area contributed by atoms with Crippen molar-refractivity contribution in [3.8, 4) is 18.1 Å². The van der Waals surface area contributed by atoms with Crippen LogP contribution < -0.4 is 10.1 Å². The van der Waals surface area contributed by atoms with Crippen molar-refractivity contribution >= 4 is 21.6 Å². The molecule has 0 saturated carbocycles. The molecule has 0 aromatic heterocycles. The standard InChI is InChI=1S/C10H10BrNO/c1-3-4-12-9-5-8(11)6-10(7-9)13-2/h1,5-7,12H,4H2,2H3. The maximum Gasteiger partial charge on any atom is 0.122 e. The molecular weight excluding hydrogens is 230 g/mol. The van der Waals surface area contributed by atoms with Crippen molar-refractivity contribution in [1.29, 1.82) is 0 Å². The van der Waals surface area contributed by atoms with E-state index in [1.54, 1.807) is 7.11 Å². The monoisotopic (exact) mass is 239 g/mol. The number of terminal acetylenes is 1. The highest BCUT2D eigenvalue weighted by Gasteiger charge is 1.97. The van der Waals surface area contributed by atoms with Crippen molar-refractivity contribution in [2.24, 2.45) is 0 Å². The second-order valence-electron chi connectivity index (χ2n) is 2.44. The summed E-state index contributed by atoms with van der Waals surface area (Å²) in [4.78, 5) is 0. The predicted octanol–water partition coefficient (Wildman–Crippen LogP) is 2.50. The van der Waals surface area contributed by atoms with Crippen LogP contribution in [0.5, 0.6) is 5.75 Å². The molecule has 1 N–H and O–H groups in total. The van der Waals surface area contributed by atoms with Gasteiger partial charge in [-0.2, -0.15) is 0 Å². The summed E-state index contributed by atoms with van der Waals surface area (Å²) in [6.45, 7) is 0.513. The average Bonchev–Trinajstić information content (AvgIpc) is 2.14. The van der Waals surface area contributed by atoms with Gasteiger partial charge in [-0.05, 0) is 12.1 Å². The molecule has 0 atom stereocenters. The molecule has 3 heteroatoms. The van der Waals surface area contributed by atoms with Gasteiger partial charge in [-0.15, -0.1) is 6.42 Å². The van der Waals surface area contributed by atoms with Crippen LogP contribution in [0.2, 0.25) is 0 Å².